The largest absolute Gasteiger partial charge is 0.493 e. The highest BCUT2D eigenvalue weighted by Crippen LogP contribution is 2.38. The summed E-state index contributed by atoms with van der Waals surface area (Å²) in [5.41, 5.74) is 3.62. The summed E-state index contributed by atoms with van der Waals surface area (Å²) < 4.78 is 24.8. The van der Waals surface area contributed by atoms with Crippen LogP contribution in [0.25, 0.3) is 11.6 Å². The van der Waals surface area contributed by atoms with Gasteiger partial charge >= 0.3 is 0 Å². The first-order valence-corrected chi connectivity index (χ1v) is 9.31. The van der Waals surface area contributed by atoms with E-state index in [0.29, 0.717) is 39.8 Å². The van der Waals surface area contributed by atoms with Gasteiger partial charge in [0, 0.05) is 0 Å². The van der Waals surface area contributed by atoms with E-state index >= 15 is 0 Å². The maximum atomic E-state index is 13.5. The molecule has 0 atom stereocenters. The lowest BCUT2D eigenvalue weighted by atomic mass is 10.0. The second kappa shape index (κ2) is 9.27. The van der Waals surface area contributed by atoms with E-state index in [9.17, 15) is 9.65 Å². The van der Waals surface area contributed by atoms with Crippen LogP contribution in [0.1, 0.15) is 22.3 Å². The number of nitriles is 1. The fourth-order valence-electron chi connectivity index (χ4n) is 2.92. The molecule has 0 unspecified atom stereocenters. The van der Waals surface area contributed by atoms with E-state index in [1.807, 2.05) is 31.2 Å². The summed E-state index contributed by atoms with van der Waals surface area (Å²) >= 11 is 6.43. The standard InChI is InChI=1S/C24H19ClFNO2/c1-16-5-3-6-17(9-16)15-29-24-22(25)11-18(12-23(24)28-2)10-20(14-27)19-7-4-8-21(26)13-19/h3-13H,15H2,1-2H3/b20-10-. The topological polar surface area (TPSA) is 42.2 Å². The van der Waals surface area contributed by atoms with Crippen molar-refractivity contribution in [3.8, 4) is 17.6 Å². The van der Waals surface area contributed by atoms with Crippen molar-refractivity contribution in [1.82, 2.24) is 0 Å². The van der Waals surface area contributed by atoms with Crippen LogP contribution in [0.5, 0.6) is 11.5 Å². The Labute approximate surface area is 174 Å². The van der Waals surface area contributed by atoms with Crippen LogP contribution in [0.2, 0.25) is 5.02 Å². The van der Waals surface area contributed by atoms with Crippen molar-refractivity contribution >= 4 is 23.3 Å². The third-order valence-electron chi connectivity index (χ3n) is 4.28. The van der Waals surface area contributed by atoms with E-state index in [-0.39, 0.29) is 0 Å². The van der Waals surface area contributed by atoms with Gasteiger partial charge in [0.15, 0.2) is 11.5 Å². The van der Waals surface area contributed by atoms with Gasteiger partial charge in [-0.2, -0.15) is 5.26 Å². The van der Waals surface area contributed by atoms with Gasteiger partial charge < -0.3 is 9.47 Å². The molecule has 0 aliphatic heterocycles. The zero-order valence-corrected chi connectivity index (χ0v) is 16.8. The molecule has 3 rings (SSSR count). The number of hydrogen-bond acceptors (Lipinski definition) is 3. The van der Waals surface area contributed by atoms with E-state index in [4.69, 9.17) is 21.1 Å². The third kappa shape index (κ3) is 5.16. The maximum absolute atomic E-state index is 13.5. The molecule has 3 aromatic rings. The molecular weight excluding hydrogens is 389 g/mol. The molecule has 29 heavy (non-hydrogen) atoms. The average molecular weight is 408 g/mol. The highest BCUT2D eigenvalue weighted by atomic mass is 35.5. The summed E-state index contributed by atoms with van der Waals surface area (Å²) in [6, 6.07) is 19.4. The summed E-state index contributed by atoms with van der Waals surface area (Å²) in [6.07, 6.45) is 1.63. The summed E-state index contributed by atoms with van der Waals surface area (Å²) in [7, 11) is 1.52. The minimum atomic E-state index is -0.404. The Hall–Kier alpha value is -3.29. The number of methoxy groups -OCH3 is 1. The van der Waals surface area contributed by atoms with Crippen molar-refractivity contribution in [2.75, 3.05) is 7.11 Å². The molecule has 0 radical (unpaired) electrons. The van der Waals surface area contributed by atoms with Gasteiger partial charge in [0.25, 0.3) is 0 Å². The monoisotopic (exact) mass is 407 g/mol. The Bertz CT molecular complexity index is 1100. The molecule has 5 heteroatoms. The molecule has 0 heterocycles. The van der Waals surface area contributed by atoms with Gasteiger partial charge in [-0.15, -0.1) is 0 Å². The minimum absolute atomic E-state index is 0.316. The molecule has 0 aliphatic rings. The van der Waals surface area contributed by atoms with Gasteiger partial charge in [0.2, 0.25) is 0 Å². The zero-order chi connectivity index (χ0) is 20.8. The smallest absolute Gasteiger partial charge is 0.180 e. The lowest BCUT2D eigenvalue weighted by Crippen LogP contribution is -1.99. The van der Waals surface area contributed by atoms with Crippen LogP contribution in [-0.4, -0.2) is 7.11 Å². The second-order valence-electron chi connectivity index (χ2n) is 6.49. The van der Waals surface area contributed by atoms with Crippen LogP contribution in [0.15, 0.2) is 60.7 Å². The predicted molar refractivity (Wildman–Crippen MR) is 113 cm³/mol. The molecule has 0 spiro atoms. The molecule has 0 saturated heterocycles. The van der Waals surface area contributed by atoms with E-state index in [0.717, 1.165) is 11.1 Å². The van der Waals surface area contributed by atoms with Crippen LogP contribution < -0.4 is 9.47 Å². The number of aryl methyl sites for hydroxylation is 1. The van der Waals surface area contributed by atoms with Gasteiger partial charge in [-0.3, -0.25) is 0 Å². The Balaban J connectivity index is 1.90. The Kier molecular flexibility index (Phi) is 6.54. The van der Waals surface area contributed by atoms with Crippen molar-refractivity contribution in [2.45, 2.75) is 13.5 Å². The first-order chi connectivity index (χ1) is 14.0. The van der Waals surface area contributed by atoms with Crippen LogP contribution in [0, 0.1) is 24.1 Å². The van der Waals surface area contributed by atoms with Gasteiger partial charge in [-0.05, 0) is 54.0 Å². The van der Waals surface area contributed by atoms with Crippen LogP contribution in [-0.2, 0) is 6.61 Å². The maximum Gasteiger partial charge on any atom is 0.180 e. The molecule has 0 fully saturated rings. The lowest BCUT2D eigenvalue weighted by molar-refractivity contribution is 0.284. The van der Waals surface area contributed by atoms with Crippen LogP contribution in [0.4, 0.5) is 4.39 Å². The highest BCUT2D eigenvalue weighted by Gasteiger charge is 2.13. The van der Waals surface area contributed by atoms with Gasteiger partial charge in [-0.25, -0.2) is 4.39 Å². The molecule has 0 bridgehead atoms. The van der Waals surface area contributed by atoms with E-state index in [1.165, 1.54) is 19.2 Å². The Morgan fingerprint density at radius 3 is 2.62 bits per heavy atom. The van der Waals surface area contributed by atoms with Crippen molar-refractivity contribution in [3.63, 3.8) is 0 Å². The SMILES string of the molecule is COc1cc(/C=C(/C#N)c2cccc(F)c2)cc(Cl)c1OCc1cccc(C)c1. The molecule has 3 nitrogen and oxygen atoms in total. The van der Waals surface area contributed by atoms with Crippen molar-refractivity contribution in [3.05, 3.63) is 93.8 Å². The minimum Gasteiger partial charge on any atom is -0.493 e. The number of nitrogens with zero attached hydrogens (tertiary/aromatic N) is 1. The van der Waals surface area contributed by atoms with Crippen molar-refractivity contribution < 1.29 is 13.9 Å². The number of allylic oxidation sites excluding steroid dienone is 1. The first-order valence-electron chi connectivity index (χ1n) is 8.94. The molecule has 0 aromatic heterocycles. The highest BCUT2D eigenvalue weighted by molar-refractivity contribution is 6.32. The summed E-state index contributed by atoms with van der Waals surface area (Å²) in [4.78, 5) is 0. The molecule has 0 amide bonds. The molecule has 3 aromatic carbocycles. The van der Waals surface area contributed by atoms with Gasteiger partial charge in [0.05, 0.1) is 23.8 Å². The van der Waals surface area contributed by atoms with E-state index in [2.05, 4.69) is 6.07 Å². The van der Waals surface area contributed by atoms with Gasteiger partial charge in [0.1, 0.15) is 12.4 Å². The van der Waals surface area contributed by atoms with E-state index < -0.39 is 5.82 Å². The summed E-state index contributed by atoms with van der Waals surface area (Å²) in [5.74, 6) is 0.476. The number of ether oxygens (including phenoxy) is 2. The first kappa shape index (κ1) is 20.4. The number of benzene rings is 3. The second-order valence-corrected chi connectivity index (χ2v) is 6.90. The summed E-state index contributed by atoms with van der Waals surface area (Å²) in [6.45, 7) is 2.36. The fourth-order valence-corrected chi connectivity index (χ4v) is 3.20. The van der Waals surface area contributed by atoms with Gasteiger partial charge in [-0.1, -0.05) is 53.6 Å². The molecular formula is C24H19ClFNO2. The Morgan fingerprint density at radius 2 is 1.93 bits per heavy atom. The number of halogens is 2. The zero-order valence-electron chi connectivity index (χ0n) is 16.1. The fraction of sp³-hybridized carbons (Fsp3) is 0.125. The quantitative estimate of drug-likeness (QED) is 0.349. The van der Waals surface area contributed by atoms with E-state index in [1.54, 1.807) is 30.3 Å². The third-order valence-corrected chi connectivity index (χ3v) is 4.57. The Morgan fingerprint density at radius 1 is 1.14 bits per heavy atom. The normalized spacial score (nSPS) is 11.1. The number of rotatable bonds is 6. The lowest BCUT2D eigenvalue weighted by Gasteiger charge is -2.14. The van der Waals surface area contributed by atoms with Crippen LogP contribution >= 0.6 is 11.6 Å². The molecule has 0 aliphatic carbocycles. The van der Waals surface area contributed by atoms with Crippen molar-refractivity contribution in [1.29, 1.82) is 5.26 Å². The summed E-state index contributed by atoms with van der Waals surface area (Å²) in [5, 5.41) is 9.85. The number of hydrogen-bond donors (Lipinski definition) is 0. The molecule has 0 saturated carbocycles. The van der Waals surface area contributed by atoms with Crippen molar-refractivity contribution in [2.24, 2.45) is 0 Å². The van der Waals surface area contributed by atoms with Crippen LogP contribution in [0.3, 0.4) is 0 Å². The molecule has 0 N–H and O–H groups in total. The molecule has 146 valence electrons. The average Bonchev–Trinajstić information content (AvgIpc) is 2.71. The predicted octanol–water partition coefficient (Wildman–Crippen LogP) is 6.44.